The molecule has 82 heteroatoms. The van der Waals surface area contributed by atoms with E-state index in [1.165, 1.54) is 0 Å². The molecule has 6 N–H and O–H groups in total. The second-order valence-electron chi connectivity index (χ2n) is 17.9. The molecule has 0 aromatic heterocycles. The van der Waals surface area contributed by atoms with Crippen LogP contribution < -0.4 is 36.5 Å². The van der Waals surface area contributed by atoms with Crippen molar-refractivity contribution in [2.75, 3.05) is 45.8 Å². The summed E-state index contributed by atoms with van der Waals surface area (Å²) in [6, 6.07) is 30.7. The van der Waals surface area contributed by atoms with E-state index in [0.29, 0.717) is 49.7 Å². The molecule has 0 radical (unpaired) electrons. The molecule has 0 spiro atoms. The molecule has 0 heterocycles. The van der Waals surface area contributed by atoms with Gasteiger partial charge >= 0.3 is 6.03 Å². The fourth-order valence-corrected chi connectivity index (χ4v) is 9.64. The molecule has 16 nitrogen and oxygen atoms in total. The SMILES string of the molecule is [C-]#[N+]CCOP(OCCCCCC(=O)N[C@H](C(=O)N[C@@H](CCCNC(N)=O)C(=O)Nc1ccc(COC(c2ccccc2)(c2ccc(OC)cc2)c2ccc(OC)cc2)cc1)C(C)C)N(C(C)C)C(C)C.[Rf].[Rf].[Rf].[Rf].[Rf].[Rf].[Rf].[Rf].[Rf].[Rf].[Rf].[Rf].[Rf].[Rf].[Rf].[Rf].[Rf].[Rf].[Rf].[Rf].[Rf].[Rf].[Rf].[Rf].[Rf].[Rf].[Rf].[Rf].[Rf].[Rf].[Rf].[Rf].[Rf].[Rf].[Rf].[Rf].[Rf].[Rf].[Rf].[Rf].[Rf].[Rf].[Rf].[Rf].[Rf].[Rf].[Rf].[Rf].[Rf].[Rf].[Rf].[Rf].[Rf].[Rf].[Rf].[Rf].[Rf].[Rf].[Rf].[Rf].[Rf].[Rf].[Rf].[Rf].[Rf]. The maximum atomic E-state index is 13.9. The van der Waals surface area contributed by atoms with Crippen molar-refractivity contribution in [2.24, 2.45) is 11.7 Å². The van der Waals surface area contributed by atoms with Gasteiger partial charge in [-0.25, -0.2) is 16.0 Å². The third-order valence-corrected chi connectivity index (χ3v) is 13.7. The van der Waals surface area contributed by atoms with Crippen LogP contribution >= 0.6 is 8.53 Å². The van der Waals surface area contributed by atoms with Crippen LogP contribution in [0.2, 0.25) is 0 Å². The van der Waals surface area contributed by atoms with Crippen LogP contribution in [0.4, 0.5) is 10.5 Å². The van der Waals surface area contributed by atoms with Gasteiger partial charge in [-0.15, -0.1) is 0 Å². The van der Waals surface area contributed by atoms with Crippen molar-refractivity contribution in [3.63, 3.8) is 0 Å². The Bertz CT molecular complexity index is 2360. The maximum absolute atomic E-state index is 13.9. The molecular formula is C54H74N7O9PRf65. The molecule has 3 atom stereocenters. The second-order valence-corrected chi connectivity index (χ2v) is 19.4. The number of carbonyl (C=O) groups is 4. The van der Waals surface area contributed by atoms with Crippen molar-refractivity contribution in [3.05, 3.63) is 137 Å². The predicted molar refractivity (Wildman–Crippen MR) is 279 cm³/mol. The van der Waals surface area contributed by atoms with E-state index in [4.69, 9.17) is 35.6 Å². The number of nitrogens with two attached hydrogens (primary N) is 1. The first-order valence-electron chi connectivity index (χ1n) is 24.3. The normalized spacial score (nSPS) is 6.67. The van der Waals surface area contributed by atoms with E-state index in [1.807, 2.05) is 105 Å². The number of hydrogen-bond donors (Lipinski definition) is 5. The van der Waals surface area contributed by atoms with E-state index in [2.05, 4.69) is 58.5 Å². The van der Waals surface area contributed by atoms with Gasteiger partial charge in [-0.2, -0.15) is 0 Å². The molecule has 0 aliphatic carbocycles. The van der Waals surface area contributed by atoms with E-state index in [1.54, 1.807) is 26.4 Å². The molecule has 4 aromatic rings. The number of amides is 5. The Labute approximate surface area is 421 Å². The molecular weight excluding hydrogens is 18300 g/mol. The number of rotatable bonds is 31. The van der Waals surface area contributed by atoms with Gasteiger partial charge in [0, 0.05) is 30.7 Å². The summed E-state index contributed by atoms with van der Waals surface area (Å²) < 4.78 is 32.3. The van der Waals surface area contributed by atoms with E-state index < -0.39 is 44.1 Å². The van der Waals surface area contributed by atoms with Crippen LogP contribution in [0.1, 0.15) is 102 Å². The molecule has 514 valence electrons. The number of ether oxygens (including phenoxy) is 3. The van der Waals surface area contributed by atoms with Crippen molar-refractivity contribution in [2.45, 2.75) is 116 Å². The van der Waals surface area contributed by atoms with E-state index in [9.17, 15) is 19.2 Å². The van der Waals surface area contributed by atoms with Gasteiger partial charge in [-0.05, 0) is 118 Å². The fourth-order valence-electron chi connectivity index (χ4n) is 8.02. The Balaban J connectivity index is -0.0000000140. The zero-order chi connectivity index (χ0) is 51.8. The molecule has 4 rings (SSSR count). The van der Waals surface area contributed by atoms with Gasteiger partial charge in [0.2, 0.25) is 24.3 Å². The first kappa shape index (κ1) is 31100. The van der Waals surface area contributed by atoms with Crippen LogP contribution in [0.3, 0.4) is 0 Å². The van der Waals surface area contributed by atoms with E-state index in [-0.39, 0.29) is 56.4 Å². The largest absolute Gasteiger partial charge is 0.497 e. The molecule has 5 amide bonds. The quantitative estimate of drug-likeness (QED) is 0.0140. The number of primary amides is 1. The zero-order valence-electron chi connectivity index (χ0n) is 88.5. The summed E-state index contributed by atoms with van der Waals surface area (Å²) in [4.78, 5) is 55.8. The van der Waals surface area contributed by atoms with Crippen LogP contribution in [0, 0.1) is 12.5 Å². The molecule has 0 aliphatic heterocycles. The van der Waals surface area contributed by atoms with Gasteiger partial charge in [0.25, 0.3) is 8.53 Å². The fraction of sp³-hybridized carbons (Fsp3) is 0.463. The Hall–Kier alpha value is -71.1. The minimum Gasteiger partial charge on any atom is -0.497 e. The van der Waals surface area contributed by atoms with Crippen LogP contribution in [-0.2, 0) is 40.4 Å². The molecule has 136 heavy (non-hydrogen) atoms. The number of nitrogens with one attached hydrogen (secondary N) is 4. The third-order valence-electron chi connectivity index (χ3n) is 11.6. The van der Waals surface area contributed by atoms with Gasteiger partial charge in [0.05, 0.1) is 27.4 Å². The molecule has 0 saturated heterocycles. The van der Waals surface area contributed by atoms with Crippen LogP contribution in [-0.4, -0.2) is 93.1 Å². The summed E-state index contributed by atoms with van der Waals surface area (Å²) in [6.07, 6.45) is 2.74. The van der Waals surface area contributed by atoms with E-state index in [0.717, 1.165) is 28.7 Å². The summed E-state index contributed by atoms with van der Waals surface area (Å²) >= 11 is 0. The Morgan fingerprint density at radius 2 is 0.676 bits per heavy atom. The van der Waals surface area contributed by atoms with Crippen LogP contribution in [0.5, 0.6) is 11.5 Å². The van der Waals surface area contributed by atoms with Crippen LogP contribution in [0.25, 0.3) is 4.85 Å². The van der Waals surface area contributed by atoms with Crippen LogP contribution in [0.15, 0.2) is 103 Å². The molecule has 0 bridgehead atoms. The number of hydrogen-bond acceptors (Lipinski definition) is 10. The van der Waals surface area contributed by atoms with E-state index >= 15 is 0 Å². The molecule has 4 aromatic carbocycles. The minimum absolute atomic E-state index is 0. The molecule has 0 fully saturated rings. The summed E-state index contributed by atoms with van der Waals surface area (Å²) in [5.74, 6) is -0.105. The first-order valence-corrected chi connectivity index (χ1v) is 25.4. The first-order chi connectivity index (χ1) is 34.1. The van der Waals surface area contributed by atoms with Gasteiger partial charge in [-0.3, -0.25) is 14.4 Å². The zero-order valence-corrected chi connectivity index (χ0v) is 505. The number of anilines is 1. The predicted octanol–water partition coefficient (Wildman–Crippen LogP) is 9.08. The summed E-state index contributed by atoms with van der Waals surface area (Å²) in [5, 5.41) is 11.2. The Kier molecular flexibility index (Phi) is 79900. The number of carbonyl (C=O) groups excluding carboxylic acids is 4. The standard InChI is InChI=1S/C54H74N7O9P.65Rf/c1-38(2)50(60-49(62)20-14-11-15-35-69-71(70-36-34-56-7)61(39(3)4)40(5)6)52(64)59-48(19-16-33-57-53(55)65)51(63)58-45-27-21-41(22-28-45)37-68-54(42-17-12-10-13-18-42,43-23-29-46(66-8)30-24-43)44-25-31-47(67-9)32-26-44;;;;;;;;;;;;;;;;;;;;;;;;;;;;;;;;;;;;;;;;;;;;;;;;;;;;;;;;;;;;;;;;;/h10,12-13,17-18,21-32,38-40,48,50H,11,14-16,19-20,33-37H2,1-6,8-9H3,(H,58,63)(H,59,64)(H,60,62)(H3,55,57,65);;;;;;;;;;;;;;;;;;;;;;;;;;;;;;;;;;;;;;;;;;;;;;;;;;;;;;;;;;;;;;;;;/t48-,50-,71?;;;;;;;;;;;;;;;;;;;;;;;;;;;;;;;;;;;;;;;;;;;;;;;;;;;;;;;;;;;;;;;;;/m0................................................................./s1. The van der Waals surface area contributed by atoms with Crippen molar-refractivity contribution < 1.29 is 42.4 Å². The Morgan fingerprint density at radius 3 is 0.956 bits per heavy atom. The van der Waals surface area contributed by atoms with Crippen molar-refractivity contribution >= 4 is 38.0 Å². The second kappa shape index (κ2) is 349. The summed E-state index contributed by atoms with van der Waals surface area (Å²) in [6.45, 7) is 20.5. The van der Waals surface area contributed by atoms with Crippen molar-refractivity contribution in [3.8, 4) is 11.5 Å². The minimum atomic E-state index is -1.34. The molecule has 1 unspecified atom stereocenters. The number of urea groups is 1. The maximum Gasteiger partial charge on any atom is 0.312 e. The number of benzene rings is 4. The molecule has 0 saturated carbocycles. The van der Waals surface area contributed by atoms with Crippen molar-refractivity contribution in [1.29, 1.82) is 0 Å². The Morgan fingerprint density at radius 1 is 0.375 bits per heavy atom. The van der Waals surface area contributed by atoms with Gasteiger partial charge < -0.3 is 55.1 Å². The third kappa shape index (κ3) is 89.5. The monoisotopic (exact) mass is 18400 g/mol. The topological polar surface area (TPSA) is 196 Å². The summed E-state index contributed by atoms with van der Waals surface area (Å²) in [7, 11) is 1.92. The van der Waals surface area contributed by atoms with Crippen molar-refractivity contribution in [1.82, 2.24) is 20.6 Å². The van der Waals surface area contributed by atoms with Gasteiger partial charge in [0.15, 0.2) is 0 Å². The average molecular weight is 18400 g/mol. The number of methoxy groups -OCH3 is 2. The van der Waals surface area contributed by atoms with Gasteiger partial charge in [-0.1, -0.05) is 87.0 Å². The number of unbranched alkanes of at least 4 members (excludes halogenated alkanes) is 2. The average Bonchev–Trinajstić information content (AvgIpc) is 3.36. The smallest absolute Gasteiger partial charge is 0.312 e. The summed E-state index contributed by atoms with van der Waals surface area (Å²) in [5.41, 5.74) is 8.28. The number of nitrogens with zero attached hydrogens (tertiary/aromatic N) is 2. The molecule has 0 aliphatic rings. The van der Waals surface area contributed by atoms with Gasteiger partial charge in [0.1, 0.15) is 35.8 Å².